The molecule has 2 unspecified atom stereocenters. The highest BCUT2D eigenvalue weighted by Crippen LogP contribution is 2.35. The number of likely N-dealkylation sites (N-methyl/N-ethyl adjacent to an activating group) is 1. The normalized spacial score (nSPS) is 17.7. The molecular weight excluding hydrogens is 462 g/mol. The minimum absolute atomic E-state index is 0. The Morgan fingerprint density at radius 2 is 1.46 bits per heavy atom. The quantitative estimate of drug-likeness (QED) is 0.123. The van der Waals surface area contributed by atoms with Crippen LogP contribution in [0.2, 0.25) is 0 Å². The van der Waals surface area contributed by atoms with Gasteiger partial charge in [-0.05, 0) is 25.2 Å². The number of hydrogen-bond acceptors (Lipinski definition) is 4. The predicted molar refractivity (Wildman–Crippen MR) is 143 cm³/mol. The van der Waals surface area contributed by atoms with Crippen molar-refractivity contribution in [1.29, 1.82) is 0 Å². The summed E-state index contributed by atoms with van der Waals surface area (Å²) in [4.78, 5) is 0. The van der Waals surface area contributed by atoms with Crippen molar-refractivity contribution in [3.8, 4) is 0 Å². The first kappa shape index (κ1) is 35.1. The van der Waals surface area contributed by atoms with Crippen molar-refractivity contribution in [3.63, 3.8) is 0 Å². The maximum absolute atomic E-state index is 6.11. The maximum Gasteiger partial charge on any atom is 0.188 e. The fourth-order valence-corrected chi connectivity index (χ4v) is 4.99. The van der Waals surface area contributed by atoms with E-state index in [-0.39, 0.29) is 12.4 Å². The van der Waals surface area contributed by atoms with E-state index in [0.717, 1.165) is 36.1 Å². The van der Waals surface area contributed by atoms with Gasteiger partial charge in [-0.3, -0.25) is 0 Å². The Bertz CT molecular complexity index is 468. The van der Waals surface area contributed by atoms with E-state index in [1.54, 1.807) is 7.11 Å². The van der Waals surface area contributed by atoms with Crippen LogP contribution in [0.25, 0.3) is 0 Å². The molecule has 1 saturated carbocycles. The number of unbranched alkanes of at least 4 members (excludes halogenated alkanes) is 6. The van der Waals surface area contributed by atoms with E-state index in [4.69, 9.17) is 18.9 Å². The summed E-state index contributed by atoms with van der Waals surface area (Å²) in [5.74, 6) is 1.02. The molecule has 0 spiro atoms. The second-order valence-electron chi connectivity index (χ2n) is 11.7. The summed E-state index contributed by atoms with van der Waals surface area (Å²) in [5.41, 5.74) is 0. The van der Waals surface area contributed by atoms with Gasteiger partial charge in [-0.2, -0.15) is 0 Å². The highest BCUT2D eigenvalue weighted by molar-refractivity contribution is 4.75. The number of rotatable bonds is 22. The van der Waals surface area contributed by atoms with Gasteiger partial charge < -0.3 is 35.8 Å². The zero-order valence-electron chi connectivity index (χ0n) is 24.3. The molecule has 212 valence electrons. The molecule has 1 aliphatic rings. The Hall–Kier alpha value is 0.0900. The van der Waals surface area contributed by atoms with Crippen molar-refractivity contribution in [2.24, 2.45) is 11.8 Å². The van der Waals surface area contributed by atoms with Crippen LogP contribution >= 0.6 is 0 Å². The summed E-state index contributed by atoms with van der Waals surface area (Å²) in [5, 5.41) is 0. The van der Waals surface area contributed by atoms with Gasteiger partial charge in [0.15, 0.2) is 5.79 Å². The third-order valence-corrected chi connectivity index (χ3v) is 7.47. The molecule has 0 aliphatic heterocycles. The summed E-state index contributed by atoms with van der Waals surface area (Å²) in [6.45, 7) is 8.38. The van der Waals surface area contributed by atoms with Gasteiger partial charge in [0, 0.05) is 13.7 Å². The van der Waals surface area contributed by atoms with Gasteiger partial charge in [0.2, 0.25) is 0 Å². The first-order valence-corrected chi connectivity index (χ1v) is 14.4. The van der Waals surface area contributed by atoms with Gasteiger partial charge in [0.05, 0.1) is 41.0 Å². The van der Waals surface area contributed by atoms with Crippen LogP contribution in [0.15, 0.2) is 0 Å². The van der Waals surface area contributed by atoms with Gasteiger partial charge in [0.25, 0.3) is 0 Å². The summed E-state index contributed by atoms with van der Waals surface area (Å²) in [6.07, 6.45) is 19.5. The monoisotopic (exact) mass is 521 g/mol. The molecule has 0 saturated heterocycles. The Labute approximate surface area is 225 Å². The average molecular weight is 522 g/mol. The number of quaternary nitrogens is 1. The van der Waals surface area contributed by atoms with E-state index in [1.807, 2.05) is 6.92 Å². The first-order valence-electron chi connectivity index (χ1n) is 14.4. The molecule has 0 radical (unpaired) electrons. The van der Waals surface area contributed by atoms with Crippen molar-refractivity contribution in [1.82, 2.24) is 0 Å². The molecule has 0 aromatic rings. The SMILES string of the molecule is CCCCCCCCCC(CCOCC(C)(OC)OCCOCC[N+](C)(C)C)C1CCCCC1.[Cl-]. The Morgan fingerprint density at radius 3 is 2.09 bits per heavy atom. The molecule has 1 fully saturated rings. The van der Waals surface area contributed by atoms with E-state index < -0.39 is 5.79 Å². The zero-order chi connectivity index (χ0) is 25.1. The maximum atomic E-state index is 6.11. The molecule has 2 atom stereocenters. The lowest BCUT2D eigenvalue weighted by atomic mass is 9.76. The molecule has 0 heterocycles. The smallest absolute Gasteiger partial charge is 0.188 e. The van der Waals surface area contributed by atoms with Crippen LogP contribution in [0.5, 0.6) is 0 Å². The highest BCUT2D eigenvalue weighted by Gasteiger charge is 2.26. The van der Waals surface area contributed by atoms with Gasteiger partial charge in [-0.25, -0.2) is 0 Å². The van der Waals surface area contributed by atoms with Crippen molar-refractivity contribution in [3.05, 3.63) is 0 Å². The minimum Gasteiger partial charge on any atom is -1.00 e. The number of halogens is 1. The standard InChI is InChI=1S/C29H60NO4.ClH/c1-7-8-9-10-11-12-14-19-28(27-17-15-13-16-18-27)20-22-33-26-29(2,31-6)34-25-24-32-23-21-30(3,4)5;/h27-28H,7-26H2,1-6H3;1H/q+1;/p-1. The largest absolute Gasteiger partial charge is 1.00 e. The average Bonchev–Trinajstić information content (AvgIpc) is 2.82. The fourth-order valence-electron chi connectivity index (χ4n) is 4.99. The first-order chi connectivity index (χ1) is 16.3. The third-order valence-electron chi connectivity index (χ3n) is 7.47. The van der Waals surface area contributed by atoms with E-state index in [0.29, 0.717) is 19.8 Å². The van der Waals surface area contributed by atoms with Crippen LogP contribution in [-0.4, -0.2) is 78.1 Å². The second-order valence-corrected chi connectivity index (χ2v) is 11.7. The van der Waals surface area contributed by atoms with E-state index >= 15 is 0 Å². The minimum atomic E-state index is -0.706. The van der Waals surface area contributed by atoms with Gasteiger partial charge in [0.1, 0.15) is 13.2 Å². The molecule has 1 aliphatic carbocycles. The topological polar surface area (TPSA) is 36.9 Å². The van der Waals surface area contributed by atoms with Crippen LogP contribution in [0, 0.1) is 11.8 Å². The molecule has 35 heavy (non-hydrogen) atoms. The van der Waals surface area contributed by atoms with Crippen molar-refractivity contribution in [2.45, 2.75) is 110 Å². The van der Waals surface area contributed by atoms with E-state index in [2.05, 4.69) is 28.1 Å². The molecule has 0 amide bonds. The van der Waals surface area contributed by atoms with Crippen LogP contribution in [0.1, 0.15) is 104 Å². The lowest BCUT2D eigenvalue weighted by Gasteiger charge is -2.31. The zero-order valence-corrected chi connectivity index (χ0v) is 25.0. The summed E-state index contributed by atoms with van der Waals surface area (Å²) in [7, 11) is 8.22. The Balaban J connectivity index is 0.0000116. The van der Waals surface area contributed by atoms with Crippen molar-refractivity contribution in [2.75, 3.05) is 67.8 Å². The molecule has 5 nitrogen and oxygen atoms in total. The fraction of sp³-hybridized carbons (Fsp3) is 1.00. The number of nitrogens with zero attached hydrogens (tertiary/aromatic N) is 1. The van der Waals surface area contributed by atoms with Crippen molar-refractivity contribution < 1.29 is 35.8 Å². The molecule has 6 heteroatoms. The van der Waals surface area contributed by atoms with Crippen LogP contribution in [-0.2, 0) is 18.9 Å². The van der Waals surface area contributed by atoms with Gasteiger partial charge >= 0.3 is 0 Å². The van der Waals surface area contributed by atoms with Crippen LogP contribution in [0.3, 0.4) is 0 Å². The number of hydrogen-bond donors (Lipinski definition) is 0. The van der Waals surface area contributed by atoms with E-state index in [1.165, 1.54) is 89.9 Å². The van der Waals surface area contributed by atoms with Gasteiger partial charge in [-0.1, -0.05) is 90.4 Å². The van der Waals surface area contributed by atoms with Crippen molar-refractivity contribution >= 4 is 0 Å². The van der Waals surface area contributed by atoms with Crippen LogP contribution in [0.4, 0.5) is 0 Å². The second kappa shape index (κ2) is 21.1. The lowest BCUT2D eigenvalue weighted by molar-refractivity contribution is -0.870. The molecule has 0 bridgehead atoms. The molecule has 0 aromatic carbocycles. The Kier molecular flexibility index (Phi) is 21.1. The summed E-state index contributed by atoms with van der Waals surface area (Å²) >= 11 is 0. The van der Waals surface area contributed by atoms with Gasteiger partial charge in [-0.15, -0.1) is 0 Å². The van der Waals surface area contributed by atoms with E-state index in [9.17, 15) is 0 Å². The van der Waals surface area contributed by atoms with Crippen LogP contribution < -0.4 is 12.4 Å². The molecule has 0 N–H and O–H groups in total. The summed E-state index contributed by atoms with van der Waals surface area (Å²) < 4.78 is 24.3. The lowest BCUT2D eigenvalue weighted by Crippen LogP contribution is -3.00. The molecule has 0 aromatic heterocycles. The number of methoxy groups -OCH3 is 1. The predicted octanol–water partition coefficient (Wildman–Crippen LogP) is 3.84. The molecular formula is C29H60ClNO4. The highest BCUT2D eigenvalue weighted by atomic mass is 35.5. The third kappa shape index (κ3) is 18.9. The summed E-state index contributed by atoms with van der Waals surface area (Å²) in [6, 6.07) is 0. The molecule has 1 rings (SSSR count). The Morgan fingerprint density at radius 1 is 0.800 bits per heavy atom. The number of ether oxygens (including phenoxy) is 4.